The number of alkyl carbamates (subject to hydrolysis) is 1. The van der Waals surface area contributed by atoms with Crippen molar-refractivity contribution in [1.82, 2.24) is 5.32 Å². The van der Waals surface area contributed by atoms with Crippen molar-refractivity contribution in [3.05, 3.63) is 0 Å². The molecule has 0 aromatic heterocycles. The number of carbonyl (C=O) groups is 1. The van der Waals surface area contributed by atoms with Crippen molar-refractivity contribution in [3.8, 4) is 0 Å². The Morgan fingerprint density at radius 1 is 1.57 bits per heavy atom. The second-order valence-electron chi connectivity index (χ2n) is 2.97. The van der Waals surface area contributed by atoms with Gasteiger partial charge in [-0.2, -0.15) is 0 Å². The van der Waals surface area contributed by atoms with E-state index in [1.807, 2.05) is 6.92 Å². The van der Waals surface area contributed by atoms with Crippen LogP contribution in [-0.4, -0.2) is 44.2 Å². The molecule has 5 heteroatoms. The van der Waals surface area contributed by atoms with E-state index in [0.29, 0.717) is 6.61 Å². The van der Waals surface area contributed by atoms with Crippen molar-refractivity contribution in [3.63, 3.8) is 0 Å². The standard InChI is InChI=1S/C9H19NO4/c1-3-4-5-14-9(12)10-8(6-11)7-13-2/h8,11H,3-7H2,1-2H3,(H,10,12). The molecular weight excluding hydrogens is 186 g/mol. The minimum Gasteiger partial charge on any atom is -0.450 e. The topological polar surface area (TPSA) is 67.8 Å². The molecule has 0 rings (SSSR count). The van der Waals surface area contributed by atoms with Crippen LogP contribution in [0.4, 0.5) is 4.79 Å². The Kier molecular flexibility index (Phi) is 8.27. The third-order valence-electron chi connectivity index (χ3n) is 1.64. The van der Waals surface area contributed by atoms with Gasteiger partial charge in [0.25, 0.3) is 0 Å². The molecule has 0 aliphatic carbocycles. The first-order valence-corrected chi connectivity index (χ1v) is 4.77. The molecule has 0 spiro atoms. The summed E-state index contributed by atoms with van der Waals surface area (Å²) in [5.41, 5.74) is 0. The number of aliphatic hydroxyl groups excluding tert-OH is 1. The number of aliphatic hydroxyl groups is 1. The van der Waals surface area contributed by atoms with Gasteiger partial charge >= 0.3 is 6.09 Å². The van der Waals surface area contributed by atoms with Crippen LogP contribution < -0.4 is 5.32 Å². The average Bonchev–Trinajstić information content (AvgIpc) is 2.17. The Balaban J connectivity index is 3.56. The van der Waals surface area contributed by atoms with Gasteiger partial charge in [-0.05, 0) is 6.42 Å². The number of rotatable bonds is 7. The van der Waals surface area contributed by atoms with Gasteiger partial charge in [0, 0.05) is 7.11 Å². The molecule has 84 valence electrons. The van der Waals surface area contributed by atoms with Gasteiger partial charge in [0.1, 0.15) is 0 Å². The van der Waals surface area contributed by atoms with E-state index in [1.165, 1.54) is 7.11 Å². The number of ether oxygens (including phenoxy) is 2. The summed E-state index contributed by atoms with van der Waals surface area (Å²) in [5, 5.41) is 11.3. The van der Waals surface area contributed by atoms with Crippen LogP contribution in [0.25, 0.3) is 0 Å². The van der Waals surface area contributed by atoms with E-state index >= 15 is 0 Å². The zero-order valence-corrected chi connectivity index (χ0v) is 8.78. The highest BCUT2D eigenvalue weighted by molar-refractivity contribution is 5.67. The van der Waals surface area contributed by atoms with Crippen LogP contribution in [0.1, 0.15) is 19.8 Å². The minimum absolute atomic E-state index is 0.156. The number of unbranched alkanes of at least 4 members (excludes halogenated alkanes) is 1. The van der Waals surface area contributed by atoms with Gasteiger partial charge in [-0.25, -0.2) is 4.79 Å². The van der Waals surface area contributed by atoms with Gasteiger partial charge in [-0.1, -0.05) is 13.3 Å². The second kappa shape index (κ2) is 8.77. The molecule has 1 amide bonds. The molecule has 2 N–H and O–H groups in total. The SMILES string of the molecule is CCCCOC(=O)NC(CO)COC. The van der Waals surface area contributed by atoms with E-state index in [4.69, 9.17) is 14.6 Å². The lowest BCUT2D eigenvalue weighted by Crippen LogP contribution is -2.41. The molecule has 0 aliphatic heterocycles. The lowest BCUT2D eigenvalue weighted by molar-refractivity contribution is 0.105. The molecule has 5 nitrogen and oxygen atoms in total. The van der Waals surface area contributed by atoms with E-state index in [0.717, 1.165) is 12.8 Å². The van der Waals surface area contributed by atoms with Gasteiger partial charge in [0.15, 0.2) is 0 Å². The molecule has 0 aliphatic rings. The van der Waals surface area contributed by atoms with Gasteiger partial charge in [-0.15, -0.1) is 0 Å². The number of hydrogen-bond acceptors (Lipinski definition) is 4. The molecule has 0 fully saturated rings. The smallest absolute Gasteiger partial charge is 0.407 e. The first-order valence-electron chi connectivity index (χ1n) is 4.77. The lowest BCUT2D eigenvalue weighted by atomic mass is 10.3. The highest BCUT2D eigenvalue weighted by atomic mass is 16.5. The summed E-state index contributed by atoms with van der Waals surface area (Å²) in [7, 11) is 1.51. The summed E-state index contributed by atoms with van der Waals surface area (Å²) in [6, 6.07) is -0.394. The maximum absolute atomic E-state index is 11.1. The van der Waals surface area contributed by atoms with E-state index < -0.39 is 12.1 Å². The Hall–Kier alpha value is -0.810. The fraction of sp³-hybridized carbons (Fsp3) is 0.889. The van der Waals surface area contributed by atoms with Crippen molar-refractivity contribution in [2.75, 3.05) is 26.9 Å². The molecule has 0 saturated carbocycles. The fourth-order valence-corrected chi connectivity index (χ4v) is 0.859. The number of nitrogens with one attached hydrogen (secondary N) is 1. The predicted octanol–water partition coefficient (Wildman–Crippen LogP) is 0.520. The lowest BCUT2D eigenvalue weighted by Gasteiger charge is -2.14. The fourth-order valence-electron chi connectivity index (χ4n) is 0.859. The average molecular weight is 205 g/mol. The first-order chi connectivity index (χ1) is 6.74. The first kappa shape index (κ1) is 13.2. The van der Waals surface area contributed by atoms with Gasteiger partial charge < -0.3 is 19.9 Å². The van der Waals surface area contributed by atoms with Crippen LogP contribution in [0.15, 0.2) is 0 Å². The third-order valence-corrected chi connectivity index (χ3v) is 1.64. The van der Waals surface area contributed by atoms with Gasteiger partial charge in [0.05, 0.1) is 25.9 Å². The van der Waals surface area contributed by atoms with Crippen LogP contribution >= 0.6 is 0 Å². The number of hydrogen-bond donors (Lipinski definition) is 2. The molecule has 1 atom stereocenters. The molecule has 0 aromatic rings. The molecule has 0 aromatic carbocycles. The Bertz CT molecular complexity index is 152. The van der Waals surface area contributed by atoms with Crippen LogP contribution in [-0.2, 0) is 9.47 Å². The maximum Gasteiger partial charge on any atom is 0.407 e. The van der Waals surface area contributed by atoms with Crippen LogP contribution in [0, 0.1) is 0 Å². The predicted molar refractivity (Wildman–Crippen MR) is 52.1 cm³/mol. The van der Waals surface area contributed by atoms with E-state index in [2.05, 4.69) is 5.32 Å². The van der Waals surface area contributed by atoms with Crippen molar-refractivity contribution in [1.29, 1.82) is 0 Å². The number of carbonyl (C=O) groups excluding carboxylic acids is 1. The Morgan fingerprint density at radius 3 is 2.79 bits per heavy atom. The third kappa shape index (κ3) is 6.68. The van der Waals surface area contributed by atoms with Crippen LogP contribution in [0.5, 0.6) is 0 Å². The molecule has 0 radical (unpaired) electrons. The van der Waals surface area contributed by atoms with Crippen molar-refractivity contribution in [2.24, 2.45) is 0 Å². The minimum atomic E-state index is -0.505. The normalized spacial score (nSPS) is 12.2. The van der Waals surface area contributed by atoms with Gasteiger partial charge in [-0.3, -0.25) is 0 Å². The molecule has 14 heavy (non-hydrogen) atoms. The summed E-state index contributed by atoms with van der Waals surface area (Å²) in [6.45, 7) is 2.55. The summed E-state index contributed by atoms with van der Waals surface area (Å²) in [4.78, 5) is 11.1. The highest BCUT2D eigenvalue weighted by Gasteiger charge is 2.11. The Morgan fingerprint density at radius 2 is 2.29 bits per heavy atom. The van der Waals surface area contributed by atoms with Crippen molar-refractivity contribution >= 4 is 6.09 Å². The largest absolute Gasteiger partial charge is 0.450 e. The number of amides is 1. The van der Waals surface area contributed by atoms with Gasteiger partial charge in [0.2, 0.25) is 0 Å². The summed E-state index contributed by atoms with van der Waals surface area (Å²) < 4.78 is 9.64. The molecule has 0 bridgehead atoms. The zero-order valence-electron chi connectivity index (χ0n) is 8.78. The number of methoxy groups -OCH3 is 1. The molecule has 0 heterocycles. The van der Waals surface area contributed by atoms with E-state index in [9.17, 15) is 4.79 Å². The molecular formula is C9H19NO4. The summed E-state index contributed by atoms with van der Waals surface area (Å²) in [5.74, 6) is 0. The zero-order chi connectivity index (χ0) is 10.8. The monoisotopic (exact) mass is 205 g/mol. The second-order valence-corrected chi connectivity index (χ2v) is 2.97. The van der Waals surface area contributed by atoms with Crippen LogP contribution in [0.2, 0.25) is 0 Å². The quantitative estimate of drug-likeness (QED) is 0.595. The summed E-state index contributed by atoms with van der Waals surface area (Å²) >= 11 is 0. The molecule has 1 unspecified atom stereocenters. The van der Waals surface area contributed by atoms with Crippen LogP contribution in [0.3, 0.4) is 0 Å². The van der Waals surface area contributed by atoms with E-state index in [-0.39, 0.29) is 13.2 Å². The van der Waals surface area contributed by atoms with Crippen molar-refractivity contribution < 1.29 is 19.4 Å². The summed E-state index contributed by atoms with van der Waals surface area (Å²) in [6.07, 6.45) is 1.32. The van der Waals surface area contributed by atoms with Crippen molar-refractivity contribution in [2.45, 2.75) is 25.8 Å². The Labute approximate surface area is 84.4 Å². The highest BCUT2D eigenvalue weighted by Crippen LogP contribution is 1.90. The van der Waals surface area contributed by atoms with E-state index in [1.54, 1.807) is 0 Å². The maximum atomic E-state index is 11.1. The molecule has 0 saturated heterocycles.